The summed E-state index contributed by atoms with van der Waals surface area (Å²) in [6, 6.07) is 0. The molecule has 1 N–H and O–H groups in total. The van der Waals surface area contributed by atoms with Crippen molar-refractivity contribution >= 4 is 17.9 Å². The number of hydrogen-bond acceptors (Lipinski definition) is 4. The Labute approximate surface area is 200 Å². The summed E-state index contributed by atoms with van der Waals surface area (Å²) in [5, 5.41) is 10.1. The van der Waals surface area contributed by atoms with Gasteiger partial charge in [0.2, 0.25) is 0 Å². The SMILES string of the molecule is CC(C)C1=CC23CCC4C(C)(C(=O)O)CCCC4(C)C2CC1C1C(=O)OC(=O)C13.[Na+]. The molecule has 3 saturated carbocycles. The molecule has 158 valence electrons. The van der Waals surface area contributed by atoms with Gasteiger partial charge < -0.3 is 9.84 Å². The van der Waals surface area contributed by atoms with Crippen molar-refractivity contribution < 1.29 is 53.8 Å². The van der Waals surface area contributed by atoms with Crippen molar-refractivity contribution in [3.63, 3.8) is 0 Å². The van der Waals surface area contributed by atoms with E-state index in [9.17, 15) is 19.5 Å². The Kier molecular flexibility index (Phi) is 5.20. The number of carboxylic acid groups (broad SMARTS) is 1. The summed E-state index contributed by atoms with van der Waals surface area (Å²) in [6.45, 7) is 8.56. The third-order valence-corrected chi connectivity index (χ3v) is 9.89. The summed E-state index contributed by atoms with van der Waals surface area (Å²) >= 11 is 0. The molecule has 2 bridgehead atoms. The molecule has 30 heavy (non-hydrogen) atoms. The van der Waals surface area contributed by atoms with Crippen molar-refractivity contribution in [2.75, 3.05) is 0 Å². The summed E-state index contributed by atoms with van der Waals surface area (Å²) in [5.74, 6) is -1.33. The fourth-order valence-corrected chi connectivity index (χ4v) is 8.76. The number of esters is 2. The molecule has 0 radical (unpaired) electrons. The van der Waals surface area contributed by atoms with E-state index in [1.165, 1.54) is 5.57 Å². The monoisotopic (exact) mass is 423 g/mol. The largest absolute Gasteiger partial charge is 1.00 e. The molecule has 8 unspecified atom stereocenters. The zero-order valence-electron chi connectivity index (χ0n) is 18.9. The van der Waals surface area contributed by atoms with Crippen LogP contribution in [0.2, 0.25) is 0 Å². The second kappa shape index (κ2) is 6.92. The van der Waals surface area contributed by atoms with Crippen molar-refractivity contribution in [3.05, 3.63) is 11.6 Å². The summed E-state index contributed by atoms with van der Waals surface area (Å²) in [7, 11) is 0. The zero-order chi connectivity index (χ0) is 20.9. The van der Waals surface area contributed by atoms with E-state index in [-0.39, 0.29) is 81.9 Å². The van der Waals surface area contributed by atoms with Crippen LogP contribution in [0.5, 0.6) is 0 Å². The molecule has 8 atom stereocenters. The third-order valence-electron chi connectivity index (χ3n) is 9.89. The first-order valence-corrected chi connectivity index (χ1v) is 11.3. The van der Waals surface area contributed by atoms with Crippen LogP contribution in [0, 0.1) is 51.8 Å². The van der Waals surface area contributed by atoms with E-state index in [1.54, 1.807) is 0 Å². The van der Waals surface area contributed by atoms with Gasteiger partial charge in [-0.25, -0.2) is 0 Å². The number of hydrogen-bond donors (Lipinski definition) is 1. The molecule has 4 fully saturated rings. The molecule has 0 aromatic rings. The van der Waals surface area contributed by atoms with E-state index in [0.29, 0.717) is 5.92 Å². The minimum atomic E-state index is -0.707. The van der Waals surface area contributed by atoms with E-state index >= 15 is 0 Å². The van der Waals surface area contributed by atoms with E-state index in [0.717, 1.165) is 38.5 Å². The average Bonchev–Trinajstić information content (AvgIpc) is 2.97. The molecule has 6 aliphatic rings. The smallest absolute Gasteiger partial charge is 0.481 e. The van der Waals surface area contributed by atoms with Crippen molar-refractivity contribution in [1.29, 1.82) is 0 Å². The number of ether oxygens (including phenoxy) is 1. The molecule has 0 amide bonds. The number of fused-ring (bicyclic) bond motifs is 1. The molecule has 0 aromatic heterocycles. The predicted octanol–water partition coefficient (Wildman–Crippen LogP) is 1.22. The summed E-state index contributed by atoms with van der Waals surface area (Å²) in [6.07, 6.45) is 7.48. The summed E-state index contributed by atoms with van der Waals surface area (Å²) in [5.41, 5.74) is 0.122. The van der Waals surface area contributed by atoms with Gasteiger partial charge in [-0.15, -0.1) is 0 Å². The van der Waals surface area contributed by atoms with Gasteiger partial charge in [0.15, 0.2) is 0 Å². The number of allylic oxidation sites excluding steroid dienone is 2. The van der Waals surface area contributed by atoms with Gasteiger partial charge in [-0.1, -0.05) is 38.8 Å². The topological polar surface area (TPSA) is 80.7 Å². The first-order chi connectivity index (χ1) is 13.6. The maximum atomic E-state index is 12.9. The minimum absolute atomic E-state index is 0. The molecule has 1 saturated heterocycles. The molecular formula is C24H32NaO5+. The molecule has 5 nitrogen and oxygen atoms in total. The number of aliphatic carboxylic acids is 1. The summed E-state index contributed by atoms with van der Waals surface area (Å²) < 4.78 is 5.20. The fraction of sp³-hybridized carbons (Fsp3) is 0.792. The Morgan fingerprint density at radius 3 is 2.47 bits per heavy atom. The second-order valence-electron chi connectivity index (χ2n) is 11.2. The molecule has 1 heterocycles. The Hall–Kier alpha value is -0.650. The molecule has 1 spiro atoms. The number of carboxylic acids is 1. The minimum Gasteiger partial charge on any atom is -0.481 e. The molecule has 6 rings (SSSR count). The third kappa shape index (κ3) is 2.55. The second-order valence-corrected chi connectivity index (χ2v) is 11.2. The molecule has 1 aliphatic heterocycles. The normalized spacial score (nSPS) is 48.8. The van der Waals surface area contributed by atoms with Crippen molar-refractivity contribution in [2.24, 2.45) is 51.8 Å². The van der Waals surface area contributed by atoms with Crippen LogP contribution >= 0.6 is 0 Å². The van der Waals surface area contributed by atoms with Crippen LogP contribution in [-0.4, -0.2) is 23.0 Å². The van der Waals surface area contributed by atoms with Gasteiger partial charge in [-0.2, -0.15) is 0 Å². The first kappa shape index (κ1) is 22.5. The molecule has 0 aromatic carbocycles. The van der Waals surface area contributed by atoms with Gasteiger partial charge >= 0.3 is 47.5 Å². The molecule has 5 aliphatic carbocycles. The van der Waals surface area contributed by atoms with Crippen LogP contribution in [0.3, 0.4) is 0 Å². The quantitative estimate of drug-likeness (QED) is 0.313. The van der Waals surface area contributed by atoms with Crippen LogP contribution in [0.25, 0.3) is 0 Å². The van der Waals surface area contributed by atoms with Crippen LogP contribution in [-0.2, 0) is 19.1 Å². The van der Waals surface area contributed by atoms with E-state index < -0.39 is 11.4 Å². The van der Waals surface area contributed by atoms with Crippen LogP contribution in [0.15, 0.2) is 11.6 Å². The van der Waals surface area contributed by atoms with Crippen molar-refractivity contribution in [2.45, 2.75) is 66.2 Å². The predicted molar refractivity (Wildman–Crippen MR) is 105 cm³/mol. The van der Waals surface area contributed by atoms with Gasteiger partial charge in [0.25, 0.3) is 0 Å². The summed E-state index contributed by atoms with van der Waals surface area (Å²) in [4.78, 5) is 37.8. The number of carbonyl (C=O) groups is 3. The van der Waals surface area contributed by atoms with E-state index in [4.69, 9.17) is 4.74 Å². The van der Waals surface area contributed by atoms with Crippen LogP contribution in [0.4, 0.5) is 0 Å². The Morgan fingerprint density at radius 1 is 1.13 bits per heavy atom. The number of cyclic esters (lactones) is 2. The molecule has 6 heteroatoms. The fourth-order valence-electron chi connectivity index (χ4n) is 8.76. The van der Waals surface area contributed by atoms with Crippen LogP contribution < -0.4 is 29.6 Å². The van der Waals surface area contributed by atoms with Gasteiger partial charge in [0.05, 0.1) is 17.3 Å². The number of carbonyl (C=O) groups excluding carboxylic acids is 2. The zero-order valence-corrected chi connectivity index (χ0v) is 20.9. The Morgan fingerprint density at radius 2 is 1.83 bits per heavy atom. The molecular weight excluding hydrogens is 391 g/mol. The number of rotatable bonds is 2. The Balaban J connectivity index is 0.00000218. The average molecular weight is 424 g/mol. The van der Waals surface area contributed by atoms with Crippen molar-refractivity contribution in [3.8, 4) is 0 Å². The van der Waals surface area contributed by atoms with Gasteiger partial charge in [0.1, 0.15) is 0 Å². The standard InChI is InChI=1S/C24H32O5.Na/c1-12(2)14-11-24-9-6-15-22(3,7-5-8-23(15,4)21(27)28)16(24)10-13(14)17-18(24)20(26)29-19(17)25;/h11-13,15-18H,5-10H2,1-4H3,(H,27,28);/q;+1. The van der Waals surface area contributed by atoms with Gasteiger partial charge in [-0.3, -0.25) is 14.4 Å². The maximum Gasteiger partial charge on any atom is 1.00 e. The van der Waals surface area contributed by atoms with E-state index in [1.807, 2.05) is 6.92 Å². The van der Waals surface area contributed by atoms with Crippen molar-refractivity contribution in [1.82, 2.24) is 0 Å². The van der Waals surface area contributed by atoms with Gasteiger partial charge in [0, 0.05) is 5.41 Å². The first-order valence-electron chi connectivity index (χ1n) is 11.3. The van der Waals surface area contributed by atoms with Gasteiger partial charge in [-0.05, 0) is 68.1 Å². The van der Waals surface area contributed by atoms with Crippen LogP contribution in [0.1, 0.15) is 66.2 Å². The maximum absolute atomic E-state index is 12.9. The van der Waals surface area contributed by atoms with E-state index in [2.05, 4.69) is 26.8 Å². The Bertz CT molecular complexity index is 849.